The molecule has 0 aromatic heterocycles. The highest BCUT2D eigenvalue weighted by molar-refractivity contribution is 5.77. The number of likely N-dealkylation sites (N-methyl/N-ethyl adjacent to an activating group) is 1. The summed E-state index contributed by atoms with van der Waals surface area (Å²) in [6.45, 7) is 11.0. The van der Waals surface area contributed by atoms with Gasteiger partial charge >= 0.3 is 0 Å². The van der Waals surface area contributed by atoms with E-state index in [4.69, 9.17) is 4.99 Å². The van der Waals surface area contributed by atoms with Crippen LogP contribution in [-0.4, -0.2) is 48.9 Å². The number of amidine groups is 1. The summed E-state index contributed by atoms with van der Waals surface area (Å²) in [5.74, 6) is 1.43. The Hall–Kier alpha value is -1.16. The molecule has 1 aliphatic heterocycles. The molecule has 0 radical (unpaired) electrons. The third-order valence-corrected chi connectivity index (χ3v) is 6.30. The molecule has 1 aliphatic rings. The molecule has 1 rings (SSSR count). The van der Waals surface area contributed by atoms with Crippen molar-refractivity contribution in [3.63, 3.8) is 0 Å². The van der Waals surface area contributed by atoms with Crippen LogP contribution in [0.4, 0.5) is 0 Å². The van der Waals surface area contributed by atoms with Crippen LogP contribution >= 0.6 is 0 Å². The molecule has 1 heterocycles. The summed E-state index contributed by atoms with van der Waals surface area (Å²) in [5, 5.41) is 2.95. The van der Waals surface area contributed by atoms with Crippen molar-refractivity contribution in [2.45, 2.75) is 104 Å². The molecule has 0 bridgehead atoms. The molecule has 1 unspecified atom stereocenters. The van der Waals surface area contributed by atoms with Crippen LogP contribution in [0.15, 0.2) is 17.1 Å². The van der Waals surface area contributed by atoms with Gasteiger partial charge in [-0.2, -0.15) is 0 Å². The lowest BCUT2D eigenvalue weighted by Gasteiger charge is -2.33. The molecule has 0 aromatic carbocycles. The standard InChI is InChI=1S/C25H47N3O/c1-4-6-7-8-9-10-11-12-13-14-15-16-17-18-19-25-27-21-23-28(25,5-2)22-20-26-24(3)29/h14-15H,4-13,16-23H2,1-3H3/p+1/b15-14+. The molecular formula is C25H48N3O+. The average Bonchev–Trinajstić information content (AvgIpc) is 3.11. The zero-order valence-electron chi connectivity index (χ0n) is 19.7. The summed E-state index contributed by atoms with van der Waals surface area (Å²) in [5.41, 5.74) is 0. The Labute approximate surface area is 180 Å². The van der Waals surface area contributed by atoms with Crippen molar-refractivity contribution < 1.29 is 9.28 Å². The lowest BCUT2D eigenvalue weighted by atomic mass is 10.1. The van der Waals surface area contributed by atoms with Crippen molar-refractivity contribution >= 4 is 11.7 Å². The van der Waals surface area contributed by atoms with E-state index in [0.29, 0.717) is 0 Å². The largest absolute Gasteiger partial charge is 0.351 e. The van der Waals surface area contributed by atoms with Crippen LogP contribution in [0.1, 0.15) is 104 Å². The third kappa shape index (κ3) is 11.6. The maximum atomic E-state index is 11.2. The Morgan fingerprint density at radius 2 is 1.59 bits per heavy atom. The van der Waals surface area contributed by atoms with Gasteiger partial charge in [-0.25, -0.2) is 4.99 Å². The molecule has 1 N–H and O–H groups in total. The van der Waals surface area contributed by atoms with E-state index < -0.39 is 0 Å². The number of carbonyl (C=O) groups is 1. The summed E-state index contributed by atoms with van der Waals surface area (Å²) >= 11 is 0. The SMILES string of the molecule is CCCCCCCCCC/C=C/CCCCC1=NCC[N+]1(CC)CCNC(C)=O. The van der Waals surface area contributed by atoms with Crippen molar-refractivity contribution in [2.24, 2.45) is 4.99 Å². The van der Waals surface area contributed by atoms with Crippen molar-refractivity contribution in [2.75, 3.05) is 32.7 Å². The third-order valence-electron chi connectivity index (χ3n) is 6.30. The second-order valence-electron chi connectivity index (χ2n) is 8.67. The number of hydrogen-bond donors (Lipinski definition) is 1. The summed E-state index contributed by atoms with van der Waals surface area (Å²) in [4.78, 5) is 16.0. The van der Waals surface area contributed by atoms with Gasteiger partial charge in [0, 0.05) is 13.3 Å². The van der Waals surface area contributed by atoms with Crippen LogP contribution in [-0.2, 0) is 4.79 Å². The maximum Gasteiger partial charge on any atom is 0.217 e. The van der Waals surface area contributed by atoms with Gasteiger partial charge in [0.05, 0.1) is 19.6 Å². The van der Waals surface area contributed by atoms with Gasteiger partial charge in [0.1, 0.15) is 13.1 Å². The molecule has 4 heteroatoms. The van der Waals surface area contributed by atoms with Crippen LogP contribution in [0.3, 0.4) is 0 Å². The van der Waals surface area contributed by atoms with Crippen LogP contribution < -0.4 is 5.32 Å². The first-order chi connectivity index (χ1) is 14.1. The number of unbranched alkanes of at least 4 members (excludes halogenated alkanes) is 10. The van der Waals surface area contributed by atoms with Gasteiger partial charge < -0.3 is 5.32 Å². The predicted molar refractivity (Wildman–Crippen MR) is 126 cm³/mol. The quantitative estimate of drug-likeness (QED) is 0.169. The first kappa shape index (κ1) is 25.9. The Kier molecular flexibility index (Phi) is 14.8. The molecule has 1 atom stereocenters. The van der Waals surface area contributed by atoms with Crippen molar-refractivity contribution in [3.8, 4) is 0 Å². The van der Waals surface area contributed by atoms with E-state index in [1.165, 1.54) is 82.9 Å². The van der Waals surface area contributed by atoms with Gasteiger partial charge in [-0.15, -0.1) is 0 Å². The lowest BCUT2D eigenvalue weighted by molar-refractivity contribution is -0.833. The summed E-state index contributed by atoms with van der Waals surface area (Å²) in [6, 6.07) is 0. The van der Waals surface area contributed by atoms with Crippen LogP contribution in [0.2, 0.25) is 0 Å². The second kappa shape index (κ2) is 16.6. The Bertz CT molecular complexity index is 486. The highest BCUT2D eigenvalue weighted by Gasteiger charge is 2.35. The van der Waals surface area contributed by atoms with Gasteiger partial charge in [0.15, 0.2) is 5.84 Å². The first-order valence-corrected chi connectivity index (χ1v) is 12.4. The minimum Gasteiger partial charge on any atom is -0.351 e. The van der Waals surface area contributed by atoms with Crippen molar-refractivity contribution in [1.82, 2.24) is 5.32 Å². The number of carbonyl (C=O) groups excluding carboxylic acids is 1. The molecule has 168 valence electrons. The fourth-order valence-electron chi connectivity index (χ4n) is 4.33. The van der Waals surface area contributed by atoms with E-state index in [1.54, 1.807) is 6.92 Å². The molecule has 0 fully saturated rings. The van der Waals surface area contributed by atoms with Crippen LogP contribution in [0.25, 0.3) is 0 Å². The molecule has 0 saturated carbocycles. The number of nitrogens with one attached hydrogen (secondary N) is 1. The molecule has 0 aliphatic carbocycles. The van der Waals surface area contributed by atoms with Gasteiger partial charge in [0.2, 0.25) is 5.91 Å². The summed E-state index contributed by atoms with van der Waals surface area (Å²) < 4.78 is 0.981. The number of hydrogen-bond acceptors (Lipinski definition) is 2. The van der Waals surface area contributed by atoms with Crippen molar-refractivity contribution in [1.29, 1.82) is 0 Å². The fourth-order valence-corrected chi connectivity index (χ4v) is 4.33. The first-order valence-electron chi connectivity index (χ1n) is 12.4. The van der Waals surface area contributed by atoms with Gasteiger partial charge in [0.25, 0.3) is 0 Å². The molecule has 4 nitrogen and oxygen atoms in total. The van der Waals surface area contributed by atoms with Crippen molar-refractivity contribution in [3.05, 3.63) is 12.2 Å². The van der Waals surface area contributed by atoms with Crippen LogP contribution in [0, 0.1) is 0 Å². The summed E-state index contributed by atoms with van der Waals surface area (Å²) in [7, 11) is 0. The van der Waals surface area contributed by atoms with E-state index in [2.05, 4.69) is 31.3 Å². The average molecular weight is 407 g/mol. The second-order valence-corrected chi connectivity index (χ2v) is 8.67. The molecular weight excluding hydrogens is 358 g/mol. The summed E-state index contributed by atoms with van der Waals surface area (Å²) in [6.07, 6.45) is 22.0. The number of aliphatic imine (C=N–C) groups is 1. The monoisotopic (exact) mass is 406 g/mol. The highest BCUT2D eigenvalue weighted by atomic mass is 16.1. The zero-order valence-corrected chi connectivity index (χ0v) is 19.7. The minimum atomic E-state index is 0.0655. The molecule has 0 saturated heterocycles. The normalized spacial score (nSPS) is 19.1. The number of amides is 1. The maximum absolute atomic E-state index is 11.2. The van der Waals surface area contributed by atoms with E-state index in [-0.39, 0.29) is 5.91 Å². The minimum absolute atomic E-state index is 0.0655. The smallest absolute Gasteiger partial charge is 0.217 e. The topological polar surface area (TPSA) is 41.5 Å². The molecule has 0 spiro atoms. The highest BCUT2D eigenvalue weighted by Crippen LogP contribution is 2.19. The number of rotatable bonds is 18. The lowest BCUT2D eigenvalue weighted by Crippen LogP contribution is -2.54. The van der Waals surface area contributed by atoms with E-state index in [1.807, 2.05) is 0 Å². The van der Waals surface area contributed by atoms with E-state index >= 15 is 0 Å². The van der Waals surface area contributed by atoms with Crippen LogP contribution in [0.5, 0.6) is 0 Å². The van der Waals surface area contributed by atoms with Gasteiger partial charge in [-0.1, -0.05) is 64.0 Å². The Morgan fingerprint density at radius 1 is 0.966 bits per heavy atom. The zero-order chi connectivity index (χ0) is 21.2. The van der Waals surface area contributed by atoms with E-state index in [0.717, 1.165) is 43.6 Å². The molecule has 29 heavy (non-hydrogen) atoms. The van der Waals surface area contributed by atoms with Gasteiger partial charge in [-0.05, 0) is 39.0 Å². The molecule has 0 aromatic rings. The number of quaternary nitrogens is 1. The number of nitrogens with zero attached hydrogens (tertiary/aromatic N) is 2. The Balaban J connectivity index is 2.07. The fraction of sp³-hybridized carbons (Fsp3) is 0.840. The van der Waals surface area contributed by atoms with Gasteiger partial charge in [-0.3, -0.25) is 9.28 Å². The Morgan fingerprint density at radius 3 is 2.21 bits per heavy atom. The predicted octanol–water partition coefficient (Wildman–Crippen LogP) is 6.02. The number of allylic oxidation sites excluding steroid dienone is 2. The molecule has 1 amide bonds. The van der Waals surface area contributed by atoms with E-state index in [9.17, 15) is 4.79 Å².